The topological polar surface area (TPSA) is 31.5 Å². The van der Waals surface area contributed by atoms with Crippen LogP contribution in [0.2, 0.25) is 0 Å². The fraction of sp³-hybridized carbons (Fsp3) is 0.619. The average molecular weight is 327 g/mol. The molecule has 0 bridgehead atoms. The predicted octanol–water partition coefficient (Wildman–Crippen LogP) is 6.68. The van der Waals surface area contributed by atoms with Gasteiger partial charge < -0.3 is 5.48 Å². The van der Waals surface area contributed by atoms with Crippen LogP contribution in [-0.2, 0) is 6.42 Å². The van der Waals surface area contributed by atoms with E-state index < -0.39 is 0 Å². The molecular weight excluding hydrogens is 287 g/mol. The van der Waals surface area contributed by atoms with Crippen LogP contribution in [0.5, 0.6) is 0 Å². The second kappa shape index (κ2) is 17.2. The molecule has 23 heavy (non-hydrogen) atoms. The summed E-state index contributed by atoms with van der Waals surface area (Å²) in [6.45, 7) is 18.7. The van der Waals surface area contributed by atoms with Gasteiger partial charge >= 0.3 is 0 Å². The van der Waals surface area contributed by atoms with Crippen molar-refractivity contribution in [2.75, 3.05) is 0 Å². The summed E-state index contributed by atoms with van der Waals surface area (Å²) in [6.07, 6.45) is 5.34. The van der Waals surface area contributed by atoms with Gasteiger partial charge in [-0.15, -0.1) is 0 Å². The Morgan fingerprint density at radius 1 is 1.17 bits per heavy atom. The fourth-order valence-electron chi connectivity index (χ4n) is 1.96. The molecule has 0 aliphatic carbocycles. The first-order chi connectivity index (χ1) is 10.4. The second-order valence-electron chi connectivity index (χ2n) is 5.88. The van der Waals surface area contributed by atoms with Gasteiger partial charge in [-0.05, 0) is 43.7 Å². The molecule has 0 saturated carbocycles. The molecule has 1 rings (SSSR count). The summed E-state index contributed by atoms with van der Waals surface area (Å²) in [6, 6.07) is 5.26. The molecule has 2 N–H and O–H groups in total. The van der Waals surface area contributed by atoms with Crippen molar-refractivity contribution in [3.05, 3.63) is 47.3 Å². The summed E-state index contributed by atoms with van der Waals surface area (Å²) >= 11 is 0. The van der Waals surface area contributed by atoms with Gasteiger partial charge in [0.15, 0.2) is 0 Å². The van der Waals surface area contributed by atoms with Crippen LogP contribution in [-0.4, -0.2) is 5.48 Å². The molecule has 0 heterocycles. The number of allylic oxidation sites excluding steroid dienone is 1. The molecule has 0 aliphatic rings. The molecule has 0 radical (unpaired) electrons. The molecule has 1 aromatic rings. The van der Waals surface area contributed by atoms with E-state index in [-0.39, 0.29) is 11.3 Å². The number of halogens is 1. The highest BCUT2D eigenvalue weighted by molar-refractivity contribution is 5.24. The first-order valence-electron chi connectivity index (χ1n) is 8.82. The van der Waals surface area contributed by atoms with Gasteiger partial charge in [-0.25, -0.2) is 4.39 Å². The van der Waals surface area contributed by atoms with E-state index in [0.29, 0.717) is 0 Å². The zero-order valence-corrected chi connectivity index (χ0v) is 16.4. The summed E-state index contributed by atoms with van der Waals surface area (Å²) < 4.78 is 13.3. The zero-order chi connectivity index (χ0) is 17.5. The predicted molar refractivity (Wildman–Crippen MR) is 104 cm³/mol. The Hall–Kier alpha value is -1.15. The molecule has 0 spiro atoms. The number of benzene rings is 1. The molecule has 0 amide bonds. The summed E-state index contributed by atoms with van der Waals surface area (Å²) in [4.78, 5) is 0. The molecule has 0 atom stereocenters. The second-order valence-corrected chi connectivity index (χ2v) is 5.88. The van der Waals surface area contributed by atoms with Gasteiger partial charge in [-0.3, -0.25) is 0 Å². The van der Waals surface area contributed by atoms with Gasteiger partial charge in [-0.1, -0.05) is 84.2 Å². The quantitative estimate of drug-likeness (QED) is 0.522. The van der Waals surface area contributed by atoms with Crippen LogP contribution in [0.15, 0.2) is 30.4 Å². The number of hydrogen-bond acceptors (Lipinski definition) is 0. The lowest BCUT2D eigenvalue weighted by molar-refractivity contribution is 0.576. The molecular formula is C21H39FO. The lowest BCUT2D eigenvalue weighted by atomic mass is 10.0. The largest absolute Gasteiger partial charge is 0.412 e. The monoisotopic (exact) mass is 326 g/mol. The fourth-order valence-corrected chi connectivity index (χ4v) is 1.96. The van der Waals surface area contributed by atoms with Gasteiger partial charge in [0, 0.05) is 0 Å². The molecule has 0 aromatic heterocycles. The van der Waals surface area contributed by atoms with Crippen molar-refractivity contribution in [3.63, 3.8) is 0 Å². The third-order valence-electron chi connectivity index (χ3n) is 3.32. The van der Waals surface area contributed by atoms with Gasteiger partial charge in [0.25, 0.3) is 0 Å². The van der Waals surface area contributed by atoms with E-state index in [4.69, 9.17) is 0 Å². The molecule has 0 aliphatic heterocycles. The highest BCUT2D eigenvalue weighted by Gasteiger charge is 2.02. The third-order valence-corrected chi connectivity index (χ3v) is 3.32. The number of hydrogen-bond donors (Lipinski definition) is 0. The van der Waals surface area contributed by atoms with Crippen molar-refractivity contribution < 1.29 is 9.87 Å². The SMILES string of the molecule is C=C(CC)CCc1cc(C)ccc1F.CC.CCCC(C)C.O. The average Bonchev–Trinajstić information content (AvgIpc) is 2.50. The van der Waals surface area contributed by atoms with Crippen molar-refractivity contribution in [1.29, 1.82) is 0 Å². The van der Waals surface area contributed by atoms with Crippen LogP contribution in [0.4, 0.5) is 4.39 Å². The van der Waals surface area contributed by atoms with Crippen molar-refractivity contribution in [2.24, 2.45) is 5.92 Å². The van der Waals surface area contributed by atoms with Crippen LogP contribution >= 0.6 is 0 Å². The maximum atomic E-state index is 13.3. The summed E-state index contributed by atoms with van der Waals surface area (Å²) in [5, 5.41) is 0. The van der Waals surface area contributed by atoms with Crippen LogP contribution < -0.4 is 0 Å². The lowest BCUT2D eigenvalue weighted by Crippen LogP contribution is -1.93. The first kappa shape index (κ1) is 26.7. The van der Waals surface area contributed by atoms with Crippen LogP contribution in [0.25, 0.3) is 0 Å². The summed E-state index contributed by atoms with van der Waals surface area (Å²) in [5.41, 5.74) is 3.11. The maximum Gasteiger partial charge on any atom is 0.126 e. The van der Waals surface area contributed by atoms with E-state index in [1.807, 2.05) is 26.8 Å². The van der Waals surface area contributed by atoms with Gasteiger partial charge in [0.1, 0.15) is 5.82 Å². The Bertz CT molecular complexity index is 397. The van der Waals surface area contributed by atoms with Crippen molar-refractivity contribution in [3.8, 4) is 0 Å². The minimum absolute atomic E-state index is 0. The standard InChI is InChI=1S/C13H17F.C6H14.C2H6.H2O/c1-4-10(2)5-7-12-9-11(3)6-8-13(12)14;1-4-5-6(2)3;1-2;/h6,8-9H,2,4-5,7H2,1,3H3;6H,4-5H2,1-3H3;1-2H3;1H2. The van der Waals surface area contributed by atoms with E-state index in [9.17, 15) is 4.39 Å². The van der Waals surface area contributed by atoms with Crippen molar-refractivity contribution >= 4 is 0 Å². The molecule has 136 valence electrons. The Kier molecular flexibility index (Phi) is 20.0. The minimum atomic E-state index is -0.0977. The molecule has 1 nitrogen and oxygen atoms in total. The Morgan fingerprint density at radius 2 is 1.74 bits per heavy atom. The molecule has 0 fully saturated rings. The number of aryl methyl sites for hydroxylation is 2. The van der Waals surface area contributed by atoms with E-state index in [0.717, 1.165) is 36.3 Å². The van der Waals surface area contributed by atoms with E-state index in [2.05, 4.69) is 34.3 Å². The van der Waals surface area contributed by atoms with Crippen molar-refractivity contribution in [2.45, 2.75) is 80.6 Å². The molecule has 0 unspecified atom stereocenters. The van der Waals surface area contributed by atoms with Crippen LogP contribution in [0.1, 0.15) is 78.4 Å². The highest BCUT2D eigenvalue weighted by Crippen LogP contribution is 2.15. The smallest absolute Gasteiger partial charge is 0.126 e. The molecule has 2 heteroatoms. The number of rotatable bonds is 6. The summed E-state index contributed by atoms with van der Waals surface area (Å²) in [5.74, 6) is 0.800. The van der Waals surface area contributed by atoms with Crippen LogP contribution in [0.3, 0.4) is 0 Å². The Balaban J connectivity index is -0.000000379. The maximum absolute atomic E-state index is 13.3. The van der Waals surface area contributed by atoms with E-state index >= 15 is 0 Å². The normalized spacial score (nSPS) is 9.09. The van der Waals surface area contributed by atoms with Crippen LogP contribution in [0, 0.1) is 18.7 Å². The van der Waals surface area contributed by atoms with Gasteiger partial charge in [0.05, 0.1) is 0 Å². The van der Waals surface area contributed by atoms with E-state index in [1.165, 1.54) is 18.4 Å². The first-order valence-corrected chi connectivity index (χ1v) is 8.82. The lowest BCUT2D eigenvalue weighted by Gasteiger charge is -2.05. The van der Waals surface area contributed by atoms with E-state index in [1.54, 1.807) is 12.1 Å². The van der Waals surface area contributed by atoms with Crippen molar-refractivity contribution in [1.82, 2.24) is 0 Å². The highest BCUT2D eigenvalue weighted by atomic mass is 19.1. The van der Waals surface area contributed by atoms with Gasteiger partial charge in [-0.2, -0.15) is 0 Å². The minimum Gasteiger partial charge on any atom is -0.412 e. The third kappa shape index (κ3) is 15.5. The molecule has 1 aromatic carbocycles. The Labute approximate surface area is 144 Å². The van der Waals surface area contributed by atoms with Gasteiger partial charge in [0.2, 0.25) is 0 Å². The summed E-state index contributed by atoms with van der Waals surface area (Å²) in [7, 11) is 0. The zero-order valence-electron chi connectivity index (χ0n) is 16.4. The molecule has 0 saturated heterocycles. The Morgan fingerprint density at radius 3 is 2.13 bits per heavy atom.